The van der Waals surface area contributed by atoms with Gasteiger partial charge in [0.15, 0.2) is 5.82 Å². The molecule has 5 rings (SSSR count). The molecule has 1 fully saturated rings. The van der Waals surface area contributed by atoms with E-state index in [-0.39, 0.29) is 0 Å². The van der Waals surface area contributed by atoms with Crippen molar-refractivity contribution in [2.45, 2.75) is 6.42 Å². The zero-order chi connectivity index (χ0) is 22.6. The summed E-state index contributed by atoms with van der Waals surface area (Å²) in [6, 6.07) is 22.3. The van der Waals surface area contributed by atoms with Crippen LogP contribution in [0.4, 0.5) is 11.6 Å². The molecule has 0 aliphatic carbocycles. The summed E-state index contributed by atoms with van der Waals surface area (Å²) >= 11 is 0. The Bertz CT molecular complexity index is 1290. The molecule has 33 heavy (non-hydrogen) atoms. The average molecular weight is 437 g/mol. The minimum atomic E-state index is 0.578. The van der Waals surface area contributed by atoms with Crippen LogP contribution in [0.1, 0.15) is 16.8 Å². The number of fused-ring (bicyclic) bond motifs is 1. The number of aromatic nitrogens is 3. The van der Waals surface area contributed by atoms with E-state index in [9.17, 15) is 0 Å². The van der Waals surface area contributed by atoms with E-state index in [1.54, 1.807) is 13.3 Å². The Hall–Kier alpha value is -4.18. The molecule has 1 aliphatic heterocycles. The van der Waals surface area contributed by atoms with Crippen LogP contribution >= 0.6 is 0 Å². The lowest BCUT2D eigenvalue weighted by atomic mass is 10.0. The second kappa shape index (κ2) is 9.13. The van der Waals surface area contributed by atoms with Gasteiger partial charge in [-0.05, 0) is 29.8 Å². The van der Waals surface area contributed by atoms with Crippen LogP contribution in [-0.2, 0) is 6.42 Å². The van der Waals surface area contributed by atoms with Gasteiger partial charge < -0.3 is 14.5 Å². The molecular formula is C26H24N6O. The first-order chi connectivity index (χ1) is 16.2. The van der Waals surface area contributed by atoms with Gasteiger partial charge in [0, 0.05) is 49.6 Å². The third-order valence-corrected chi connectivity index (χ3v) is 6.06. The Morgan fingerprint density at radius 2 is 1.61 bits per heavy atom. The Labute approximate surface area is 192 Å². The summed E-state index contributed by atoms with van der Waals surface area (Å²) in [5.74, 6) is 2.68. The molecule has 7 heteroatoms. The SMILES string of the molecule is COc1ccc(Cc2nnc(N3CCN(c4ccc(C#N)cn4)CC3)c3ccccc23)cc1. The number of piperazine rings is 1. The summed E-state index contributed by atoms with van der Waals surface area (Å²) in [7, 11) is 1.67. The largest absolute Gasteiger partial charge is 0.497 e. The second-order valence-corrected chi connectivity index (χ2v) is 8.03. The van der Waals surface area contributed by atoms with Gasteiger partial charge in [0.05, 0.1) is 18.4 Å². The van der Waals surface area contributed by atoms with Gasteiger partial charge >= 0.3 is 0 Å². The van der Waals surface area contributed by atoms with E-state index in [1.165, 1.54) is 5.56 Å². The quantitative estimate of drug-likeness (QED) is 0.471. The van der Waals surface area contributed by atoms with Crippen molar-refractivity contribution in [1.82, 2.24) is 15.2 Å². The first-order valence-corrected chi connectivity index (χ1v) is 11.0. The molecule has 3 heterocycles. The standard InChI is InChI=1S/C26H24N6O/c1-33-21-9-6-19(7-10-21)16-24-22-4-2-3-5-23(22)26(30-29-24)32-14-12-31(13-15-32)25-11-8-20(17-27)18-28-25/h2-11,18H,12-16H2,1H3. The number of methoxy groups -OCH3 is 1. The summed E-state index contributed by atoms with van der Waals surface area (Å²) in [5, 5.41) is 20.5. The highest BCUT2D eigenvalue weighted by molar-refractivity contribution is 5.93. The van der Waals surface area contributed by atoms with Crippen molar-refractivity contribution in [3.63, 3.8) is 0 Å². The summed E-state index contributed by atoms with van der Waals surface area (Å²) in [5.41, 5.74) is 2.72. The van der Waals surface area contributed by atoms with E-state index in [4.69, 9.17) is 10.00 Å². The molecule has 0 radical (unpaired) electrons. The van der Waals surface area contributed by atoms with Gasteiger partial charge in [-0.25, -0.2) is 4.98 Å². The van der Waals surface area contributed by atoms with Crippen molar-refractivity contribution in [2.24, 2.45) is 0 Å². The van der Waals surface area contributed by atoms with Gasteiger partial charge in [0.2, 0.25) is 0 Å². The first-order valence-electron chi connectivity index (χ1n) is 11.0. The first kappa shape index (κ1) is 20.7. The molecule has 0 amide bonds. The maximum atomic E-state index is 8.98. The molecule has 2 aromatic carbocycles. The van der Waals surface area contributed by atoms with Gasteiger partial charge in [-0.1, -0.05) is 36.4 Å². The smallest absolute Gasteiger partial charge is 0.159 e. The van der Waals surface area contributed by atoms with E-state index in [2.05, 4.69) is 67.4 Å². The lowest BCUT2D eigenvalue weighted by molar-refractivity contribution is 0.414. The highest BCUT2D eigenvalue weighted by Crippen LogP contribution is 2.28. The lowest BCUT2D eigenvalue weighted by Gasteiger charge is -2.36. The highest BCUT2D eigenvalue weighted by atomic mass is 16.5. The summed E-state index contributed by atoms with van der Waals surface area (Å²) in [4.78, 5) is 8.97. The summed E-state index contributed by atoms with van der Waals surface area (Å²) in [6.07, 6.45) is 2.35. The van der Waals surface area contributed by atoms with Crippen LogP contribution in [0.3, 0.4) is 0 Å². The van der Waals surface area contributed by atoms with Gasteiger partial charge in [0.1, 0.15) is 17.6 Å². The van der Waals surface area contributed by atoms with E-state index in [0.717, 1.165) is 66.5 Å². The summed E-state index contributed by atoms with van der Waals surface area (Å²) < 4.78 is 5.26. The molecule has 1 aliphatic rings. The van der Waals surface area contributed by atoms with Crippen molar-refractivity contribution in [3.8, 4) is 11.8 Å². The second-order valence-electron chi connectivity index (χ2n) is 8.03. The zero-order valence-electron chi connectivity index (χ0n) is 18.5. The molecule has 0 unspecified atom stereocenters. The minimum Gasteiger partial charge on any atom is -0.497 e. The highest BCUT2D eigenvalue weighted by Gasteiger charge is 2.22. The van der Waals surface area contributed by atoms with E-state index in [0.29, 0.717) is 5.56 Å². The van der Waals surface area contributed by atoms with Crippen LogP contribution < -0.4 is 14.5 Å². The van der Waals surface area contributed by atoms with Gasteiger partial charge in [-0.3, -0.25) is 0 Å². The molecule has 0 N–H and O–H groups in total. The van der Waals surface area contributed by atoms with Gasteiger partial charge in [0.25, 0.3) is 0 Å². The van der Waals surface area contributed by atoms with Crippen molar-refractivity contribution < 1.29 is 4.74 Å². The number of nitrogens with zero attached hydrogens (tertiary/aromatic N) is 6. The molecule has 7 nitrogen and oxygen atoms in total. The molecule has 2 aromatic heterocycles. The number of nitriles is 1. The van der Waals surface area contributed by atoms with Crippen molar-refractivity contribution >= 4 is 22.4 Å². The predicted molar refractivity (Wildman–Crippen MR) is 129 cm³/mol. The maximum Gasteiger partial charge on any atom is 0.159 e. The monoisotopic (exact) mass is 436 g/mol. The van der Waals surface area contributed by atoms with Crippen LogP contribution in [0.25, 0.3) is 10.8 Å². The zero-order valence-corrected chi connectivity index (χ0v) is 18.5. The maximum absolute atomic E-state index is 8.98. The number of rotatable bonds is 5. The molecule has 0 saturated carbocycles. The van der Waals surface area contributed by atoms with Crippen molar-refractivity contribution in [3.05, 3.63) is 83.7 Å². The lowest BCUT2D eigenvalue weighted by Crippen LogP contribution is -2.47. The summed E-state index contributed by atoms with van der Waals surface area (Å²) in [6.45, 7) is 3.33. The Kier molecular flexibility index (Phi) is 5.73. The fourth-order valence-corrected chi connectivity index (χ4v) is 4.23. The van der Waals surface area contributed by atoms with Crippen molar-refractivity contribution in [1.29, 1.82) is 5.26 Å². The number of pyridine rings is 1. The minimum absolute atomic E-state index is 0.578. The molecule has 164 valence electrons. The van der Waals surface area contributed by atoms with Crippen LogP contribution in [0.15, 0.2) is 66.9 Å². The van der Waals surface area contributed by atoms with E-state index >= 15 is 0 Å². The third kappa shape index (κ3) is 4.28. The molecular weight excluding hydrogens is 412 g/mol. The molecule has 0 spiro atoms. The van der Waals surface area contributed by atoms with E-state index in [1.807, 2.05) is 24.3 Å². The topological polar surface area (TPSA) is 78.2 Å². The molecule has 1 saturated heterocycles. The van der Waals surface area contributed by atoms with Crippen molar-refractivity contribution in [2.75, 3.05) is 43.1 Å². The third-order valence-electron chi connectivity index (χ3n) is 6.06. The fourth-order valence-electron chi connectivity index (χ4n) is 4.23. The molecule has 0 bridgehead atoms. The van der Waals surface area contributed by atoms with Gasteiger partial charge in [-0.15, -0.1) is 5.10 Å². The Morgan fingerprint density at radius 1 is 0.879 bits per heavy atom. The fraction of sp³-hybridized carbons (Fsp3) is 0.231. The number of ether oxygens (including phenoxy) is 1. The Morgan fingerprint density at radius 3 is 2.27 bits per heavy atom. The number of benzene rings is 2. The van der Waals surface area contributed by atoms with Crippen LogP contribution in [0.5, 0.6) is 5.75 Å². The normalized spacial score (nSPS) is 13.7. The number of hydrogen-bond acceptors (Lipinski definition) is 7. The number of hydrogen-bond donors (Lipinski definition) is 0. The van der Waals surface area contributed by atoms with E-state index < -0.39 is 0 Å². The molecule has 0 atom stereocenters. The van der Waals surface area contributed by atoms with Gasteiger partial charge in [-0.2, -0.15) is 10.4 Å². The van der Waals surface area contributed by atoms with Crippen LogP contribution in [0, 0.1) is 11.3 Å². The van der Waals surface area contributed by atoms with Crippen LogP contribution in [-0.4, -0.2) is 48.5 Å². The Balaban J connectivity index is 1.36. The average Bonchev–Trinajstić information content (AvgIpc) is 2.89. The van der Waals surface area contributed by atoms with Crippen LogP contribution in [0.2, 0.25) is 0 Å². The predicted octanol–water partition coefficient (Wildman–Crippen LogP) is 3.82. The number of anilines is 2. The molecule has 4 aromatic rings.